The molecule has 7 heteroatoms. The fourth-order valence-electron chi connectivity index (χ4n) is 1.71. The number of aliphatic imine (C=N–C) groups is 1. The molecule has 0 spiro atoms. The van der Waals surface area contributed by atoms with Crippen molar-refractivity contribution in [1.82, 2.24) is 10.6 Å². The average Bonchev–Trinajstić information content (AvgIpc) is 2.45. The van der Waals surface area contributed by atoms with Gasteiger partial charge in [0, 0.05) is 13.1 Å². The Labute approximate surface area is 138 Å². The van der Waals surface area contributed by atoms with Gasteiger partial charge in [-0.15, -0.1) is 0 Å². The number of nitrogens with zero attached hydrogens (tertiary/aromatic N) is 1. The van der Waals surface area contributed by atoms with Crippen molar-refractivity contribution < 1.29 is 12.8 Å². The molecule has 0 aliphatic heterocycles. The Morgan fingerprint density at radius 1 is 1.17 bits per heavy atom. The van der Waals surface area contributed by atoms with Crippen LogP contribution in [0.5, 0.6) is 0 Å². The summed E-state index contributed by atoms with van der Waals surface area (Å²) in [6.07, 6.45) is 0. The fourth-order valence-corrected chi connectivity index (χ4v) is 2.70. The van der Waals surface area contributed by atoms with E-state index in [0.29, 0.717) is 19.0 Å². The minimum absolute atomic E-state index is 0.0391. The van der Waals surface area contributed by atoms with Crippen LogP contribution < -0.4 is 10.6 Å². The summed E-state index contributed by atoms with van der Waals surface area (Å²) in [6.45, 7) is 8.35. The number of guanidine groups is 1. The lowest BCUT2D eigenvalue weighted by molar-refractivity contribution is 0.559. The number of nitrogens with one attached hydrogen (secondary N) is 2. The first-order valence-corrected chi connectivity index (χ1v) is 9.30. The van der Waals surface area contributed by atoms with Gasteiger partial charge in [0.25, 0.3) is 0 Å². The Morgan fingerprint density at radius 3 is 2.30 bits per heavy atom. The summed E-state index contributed by atoms with van der Waals surface area (Å²) in [6, 6.07) is 6.13. The fraction of sp³-hybridized carbons (Fsp3) is 0.562. The highest BCUT2D eigenvalue weighted by Crippen LogP contribution is 2.15. The van der Waals surface area contributed by atoms with Crippen molar-refractivity contribution in [2.75, 3.05) is 18.8 Å². The van der Waals surface area contributed by atoms with Crippen LogP contribution in [0.3, 0.4) is 0 Å². The molecular weight excluding hydrogens is 317 g/mol. The van der Waals surface area contributed by atoms with Gasteiger partial charge in [0.1, 0.15) is 5.82 Å². The van der Waals surface area contributed by atoms with Crippen LogP contribution in [0.25, 0.3) is 0 Å². The van der Waals surface area contributed by atoms with Gasteiger partial charge in [-0.05, 0) is 45.4 Å². The van der Waals surface area contributed by atoms with Gasteiger partial charge < -0.3 is 10.6 Å². The molecule has 130 valence electrons. The summed E-state index contributed by atoms with van der Waals surface area (Å²) in [5.74, 6) is 0.299. The van der Waals surface area contributed by atoms with E-state index in [0.717, 1.165) is 5.56 Å². The van der Waals surface area contributed by atoms with Crippen molar-refractivity contribution in [3.8, 4) is 0 Å². The quantitative estimate of drug-likeness (QED) is 0.613. The molecule has 5 nitrogen and oxygen atoms in total. The van der Waals surface area contributed by atoms with E-state index in [9.17, 15) is 12.8 Å². The monoisotopic (exact) mass is 343 g/mol. The zero-order chi connectivity index (χ0) is 17.5. The van der Waals surface area contributed by atoms with Crippen molar-refractivity contribution in [1.29, 1.82) is 0 Å². The highest BCUT2D eigenvalue weighted by molar-refractivity contribution is 7.92. The molecule has 0 atom stereocenters. The summed E-state index contributed by atoms with van der Waals surface area (Å²) in [5, 5.41) is 6.08. The second-order valence-corrected chi connectivity index (χ2v) is 9.04. The van der Waals surface area contributed by atoms with Gasteiger partial charge in [-0.3, -0.25) is 0 Å². The summed E-state index contributed by atoms with van der Waals surface area (Å²) in [7, 11) is -3.17. The predicted molar refractivity (Wildman–Crippen MR) is 92.8 cm³/mol. The first kappa shape index (κ1) is 19.4. The van der Waals surface area contributed by atoms with Crippen LogP contribution in [0.4, 0.5) is 4.39 Å². The topological polar surface area (TPSA) is 70.6 Å². The van der Waals surface area contributed by atoms with Gasteiger partial charge in [-0.25, -0.2) is 17.8 Å². The molecule has 0 aliphatic rings. The molecule has 0 fully saturated rings. The highest BCUT2D eigenvalue weighted by Gasteiger charge is 2.28. The van der Waals surface area contributed by atoms with Crippen LogP contribution in [-0.2, 0) is 16.4 Å². The van der Waals surface area contributed by atoms with E-state index < -0.39 is 14.6 Å². The van der Waals surface area contributed by atoms with E-state index >= 15 is 0 Å². The van der Waals surface area contributed by atoms with Gasteiger partial charge >= 0.3 is 0 Å². The van der Waals surface area contributed by atoms with Gasteiger partial charge in [-0.2, -0.15) is 0 Å². The van der Waals surface area contributed by atoms with Crippen LogP contribution in [0.15, 0.2) is 29.3 Å². The SMILES string of the molecule is CCNC(=NCc1ccc(F)cc1)NCCS(=O)(=O)C(C)(C)C. The number of rotatable bonds is 6. The highest BCUT2D eigenvalue weighted by atomic mass is 32.2. The molecule has 0 aliphatic carbocycles. The lowest BCUT2D eigenvalue weighted by Gasteiger charge is -2.19. The van der Waals surface area contributed by atoms with Crippen LogP contribution in [0, 0.1) is 5.82 Å². The van der Waals surface area contributed by atoms with Crippen LogP contribution in [0.1, 0.15) is 33.3 Å². The van der Waals surface area contributed by atoms with Crippen molar-refractivity contribution in [2.45, 2.75) is 39.0 Å². The lowest BCUT2D eigenvalue weighted by atomic mass is 10.2. The van der Waals surface area contributed by atoms with E-state index in [1.54, 1.807) is 32.9 Å². The van der Waals surface area contributed by atoms with E-state index in [1.807, 2.05) is 6.92 Å². The Morgan fingerprint density at radius 2 is 1.78 bits per heavy atom. The zero-order valence-electron chi connectivity index (χ0n) is 14.2. The van der Waals surface area contributed by atoms with Crippen molar-refractivity contribution >= 4 is 15.8 Å². The third kappa shape index (κ3) is 6.56. The second-order valence-electron chi connectivity index (χ2n) is 6.18. The normalized spacial score (nSPS) is 13.0. The molecular formula is C16H26FN3O2S. The number of hydrogen-bond donors (Lipinski definition) is 2. The lowest BCUT2D eigenvalue weighted by Crippen LogP contribution is -2.41. The molecule has 0 bridgehead atoms. The molecule has 1 rings (SSSR count). The maximum Gasteiger partial charge on any atom is 0.191 e. The van der Waals surface area contributed by atoms with Crippen molar-refractivity contribution in [2.24, 2.45) is 4.99 Å². The molecule has 23 heavy (non-hydrogen) atoms. The molecule has 0 saturated carbocycles. The average molecular weight is 343 g/mol. The van der Waals surface area contributed by atoms with Crippen LogP contribution in [0.2, 0.25) is 0 Å². The van der Waals surface area contributed by atoms with Crippen molar-refractivity contribution in [3.05, 3.63) is 35.6 Å². The molecule has 0 unspecified atom stereocenters. The van der Waals surface area contributed by atoms with Crippen LogP contribution >= 0.6 is 0 Å². The Kier molecular flexibility index (Phi) is 7.00. The Hall–Kier alpha value is -1.63. The molecule has 0 aromatic heterocycles. The molecule has 0 amide bonds. The number of hydrogen-bond acceptors (Lipinski definition) is 3. The van der Waals surface area contributed by atoms with E-state index in [4.69, 9.17) is 0 Å². The first-order chi connectivity index (χ1) is 10.7. The molecule has 0 saturated heterocycles. The Bertz CT molecular complexity index is 620. The molecule has 0 heterocycles. The second kappa shape index (κ2) is 8.29. The van der Waals surface area contributed by atoms with E-state index in [1.165, 1.54) is 12.1 Å². The summed E-state index contributed by atoms with van der Waals surface area (Å²) < 4.78 is 36.2. The smallest absolute Gasteiger partial charge is 0.191 e. The minimum atomic E-state index is -3.17. The van der Waals surface area contributed by atoms with E-state index in [-0.39, 0.29) is 18.1 Å². The number of sulfone groups is 1. The third-order valence-corrected chi connectivity index (χ3v) is 5.88. The summed E-state index contributed by atoms with van der Waals surface area (Å²) >= 11 is 0. The maximum absolute atomic E-state index is 12.9. The van der Waals surface area contributed by atoms with Gasteiger partial charge in [0.15, 0.2) is 15.8 Å². The number of benzene rings is 1. The van der Waals surface area contributed by atoms with Gasteiger partial charge in [0.2, 0.25) is 0 Å². The Balaban J connectivity index is 2.61. The molecule has 0 radical (unpaired) electrons. The first-order valence-electron chi connectivity index (χ1n) is 7.64. The largest absolute Gasteiger partial charge is 0.357 e. The standard InChI is InChI=1S/C16H26FN3O2S/c1-5-18-15(19-10-11-23(21,22)16(2,3)4)20-12-13-6-8-14(17)9-7-13/h6-9H,5,10-12H2,1-4H3,(H2,18,19,20). The molecule has 2 N–H and O–H groups in total. The number of halogens is 1. The zero-order valence-corrected chi connectivity index (χ0v) is 15.0. The van der Waals surface area contributed by atoms with E-state index in [2.05, 4.69) is 15.6 Å². The summed E-state index contributed by atoms with van der Waals surface area (Å²) in [5.41, 5.74) is 0.880. The van der Waals surface area contributed by atoms with Crippen LogP contribution in [-0.4, -0.2) is 38.0 Å². The van der Waals surface area contributed by atoms with Gasteiger partial charge in [-0.1, -0.05) is 12.1 Å². The molecule has 1 aromatic rings. The summed E-state index contributed by atoms with van der Waals surface area (Å²) in [4.78, 5) is 4.37. The third-order valence-electron chi connectivity index (χ3n) is 3.27. The maximum atomic E-state index is 12.9. The molecule has 1 aromatic carbocycles. The van der Waals surface area contributed by atoms with Crippen molar-refractivity contribution in [3.63, 3.8) is 0 Å². The predicted octanol–water partition coefficient (Wildman–Crippen LogP) is 2.09. The van der Waals surface area contributed by atoms with Gasteiger partial charge in [0.05, 0.1) is 17.0 Å². The minimum Gasteiger partial charge on any atom is -0.357 e.